The number of rotatable bonds is 6. The number of amides is 1. The largest absolute Gasteiger partial charge is 0.444 e. The minimum absolute atomic E-state index is 0.155. The van der Waals surface area contributed by atoms with Gasteiger partial charge in [-0.15, -0.1) is 0 Å². The van der Waals surface area contributed by atoms with E-state index in [9.17, 15) is 4.79 Å². The zero-order chi connectivity index (χ0) is 17.6. The fourth-order valence-corrected chi connectivity index (χ4v) is 3.80. The van der Waals surface area contributed by atoms with Crippen molar-refractivity contribution in [2.45, 2.75) is 83.9 Å². The molecule has 2 fully saturated rings. The van der Waals surface area contributed by atoms with E-state index in [-0.39, 0.29) is 12.1 Å². The maximum absolute atomic E-state index is 12.5. The summed E-state index contributed by atoms with van der Waals surface area (Å²) in [6.07, 6.45) is 7.09. The first-order chi connectivity index (χ1) is 11.4. The van der Waals surface area contributed by atoms with Crippen molar-refractivity contribution in [2.75, 3.05) is 32.7 Å². The van der Waals surface area contributed by atoms with Crippen LogP contribution in [0.5, 0.6) is 0 Å². The van der Waals surface area contributed by atoms with Crippen LogP contribution in [0.2, 0.25) is 0 Å². The molecule has 1 amide bonds. The zero-order valence-corrected chi connectivity index (χ0v) is 16.1. The molecule has 2 aliphatic heterocycles. The normalized spacial score (nSPS) is 24.2. The minimum atomic E-state index is -0.425. The minimum Gasteiger partial charge on any atom is -0.444 e. The first-order valence-corrected chi connectivity index (χ1v) is 9.82. The van der Waals surface area contributed by atoms with E-state index < -0.39 is 5.60 Å². The van der Waals surface area contributed by atoms with E-state index in [1.54, 1.807) is 0 Å². The highest BCUT2D eigenvalue weighted by atomic mass is 16.6. The second-order valence-corrected chi connectivity index (χ2v) is 8.38. The van der Waals surface area contributed by atoms with Crippen molar-refractivity contribution in [1.82, 2.24) is 15.1 Å². The molecule has 0 bridgehead atoms. The molecule has 2 saturated heterocycles. The number of nitrogens with zero attached hydrogens (tertiary/aromatic N) is 2. The Labute approximate surface area is 148 Å². The summed E-state index contributed by atoms with van der Waals surface area (Å²) < 4.78 is 5.60. The zero-order valence-electron chi connectivity index (χ0n) is 16.1. The Kier molecular flexibility index (Phi) is 7.35. The first-order valence-electron chi connectivity index (χ1n) is 9.82. The van der Waals surface area contributed by atoms with Gasteiger partial charge in [-0.1, -0.05) is 0 Å². The van der Waals surface area contributed by atoms with E-state index in [1.807, 2.05) is 25.7 Å². The quantitative estimate of drug-likeness (QED) is 0.755. The van der Waals surface area contributed by atoms with Gasteiger partial charge in [0.25, 0.3) is 0 Å². The molecule has 1 N–H and O–H groups in total. The molecular weight excluding hydrogens is 302 g/mol. The molecule has 24 heavy (non-hydrogen) atoms. The maximum atomic E-state index is 12.5. The lowest BCUT2D eigenvalue weighted by molar-refractivity contribution is 0.00559. The maximum Gasteiger partial charge on any atom is 0.410 e. The van der Waals surface area contributed by atoms with Crippen LogP contribution < -0.4 is 5.32 Å². The van der Waals surface area contributed by atoms with Crippen LogP contribution in [0, 0.1) is 0 Å². The van der Waals surface area contributed by atoms with Gasteiger partial charge in [0.05, 0.1) is 6.04 Å². The standard InChI is InChI=1S/C19H37N3O2/c1-16(20-11-9-14-21-12-7-8-13-21)17-10-5-6-15-22(17)18(23)24-19(2,3)4/h16-17,20H,5-15H2,1-4H3/t16-,17-/m0/s1. The Morgan fingerprint density at radius 3 is 2.50 bits per heavy atom. The third-order valence-electron chi connectivity index (χ3n) is 5.07. The summed E-state index contributed by atoms with van der Waals surface area (Å²) in [6.45, 7) is 13.6. The van der Waals surface area contributed by atoms with E-state index in [2.05, 4.69) is 17.1 Å². The monoisotopic (exact) mass is 339 g/mol. The van der Waals surface area contributed by atoms with Crippen LogP contribution in [-0.2, 0) is 4.74 Å². The first kappa shape index (κ1) is 19.5. The SMILES string of the molecule is C[C@H](NCCCN1CCCC1)[C@@H]1CCCCN1C(=O)OC(C)(C)C. The number of hydrogen-bond acceptors (Lipinski definition) is 4. The van der Waals surface area contributed by atoms with Crippen molar-refractivity contribution in [1.29, 1.82) is 0 Å². The Morgan fingerprint density at radius 1 is 1.17 bits per heavy atom. The summed E-state index contributed by atoms with van der Waals surface area (Å²) in [7, 11) is 0. The fraction of sp³-hybridized carbons (Fsp3) is 0.947. The van der Waals surface area contributed by atoms with Crippen molar-refractivity contribution in [2.24, 2.45) is 0 Å². The summed E-state index contributed by atoms with van der Waals surface area (Å²) in [6, 6.07) is 0.566. The van der Waals surface area contributed by atoms with E-state index in [1.165, 1.54) is 45.3 Å². The van der Waals surface area contributed by atoms with Crippen molar-refractivity contribution >= 4 is 6.09 Å². The van der Waals surface area contributed by atoms with E-state index in [0.717, 1.165) is 25.9 Å². The molecule has 0 saturated carbocycles. The highest BCUT2D eigenvalue weighted by Gasteiger charge is 2.33. The van der Waals surface area contributed by atoms with Crippen LogP contribution in [-0.4, -0.2) is 66.3 Å². The van der Waals surface area contributed by atoms with Crippen LogP contribution >= 0.6 is 0 Å². The number of nitrogens with one attached hydrogen (secondary N) is 1. The molecule has 5 heteroatoms. The molecular formula is C19H37N3O2. The summed E-state index contributed by atoms with van der Waals surface area (Å²) in [4.78, 5) is 17.0. The van der Waals surface area contributed by atoms with Gasteiger partial charge in [0.15, 0.2) is 0 Å². The molecule has 0 aliphatic carbocycles. The van der Waals surface area contributed by atoms with Crippen LogP contribution in [0.25, 0.3) is 0 Å². The smallest absolute Gasteiger partial charge is 0.410 e. The van der Waals surface area contributed by atoms with Gasteiger partial charge in [0, 0.05) is 12.6 Å². The molecule has 2 aliphatic rings. The van der Waals surface area contributed by atoms with Crippen molar-refractivity contribution < 1.29 is 9.53 Å². The molecule has 0 aromatic carbocycles. The van der Waals surface area contributed by atoms with Gasteiger partial charge in [-0.05, 0) is 92.4 Å². The molecule has 0 aromatic heterocycles. The Bertz CT molecular complexity index is 389. The van der Waals surface area contributed by atoms with Crippen molar-refractivity contribution in [3.63, 3.8) is 0 Å². The molecule has 0 unspecified atom stereocenters. The van der Waals surface area contributed by atoms with Crippen LogP contribution in [0.4, 0.5) is 4.79 Å². The Hall–Kier alpha value is -0.810. The molecule has 0 aromatic rings. The number of piperidine rings is 1. The molecule has 2 atom stereocenters. The average Bonchev–Trinajstić information content (AvgIpc) is 3.03. The Balaban J connectivity index is 1.76. The van der Waals surface area contributed by atoms with Crippen LogP contribution in [0.3, 0.4) is 0 Å². The van der Waals surface area contributed by atoms with E-state index >= 15 is 0 Å². The van der Waals surface area contributed by atoms with Gasteiger partial charge < -0.3 is 19.9 Å². The van der Waals surface area contributed by atoms with Crippen LogP contribution in [0.1, 0.15) is 66.2 Å². The third kappa shape index (κ3) is 6.25. The fourth-order valence-electron chi connectivity index (χ4n) is 3.80. The van der Waals surface area contributed by atoms with Gasteiger partial charge in [-0.3, -0.25) is 0 Å². The molecule has 2 heterocycles. The number of ether oxygens (including phenoxy) is 1. The van der Waals surface area contributed by atoms with E-state index in [4.69, 9.17) is 4.74 Å². The Morgan fingerprint density at radius 2 is 1.83 bits per heavy atom. The third-order valence-corrected chi connectivity index (χ3v) is 5.07. The van der Waals surface area contributed by atoms with Gasteiger partial charge in [-0.2, -0.15) is 0 Å². The molecule has 0 spiro atoms. The second kappa shape index (κ2) is 9.04. The molecule has 0 radical (unpaired) electrons. The predicted octanol–water partition coefficient (Wildman–Crippen LogP) is 3.24. The van der Waals surface area contributed by atoms with E-state index in [0.29, 0.717) is 6.04 Å². The lowest BCUT2D eigenvalue weighted by atomic mass is 9.97. The summed E-state index contributed by atoms with van der Waals surface area (Å²) >= 11 is 0. The highest BCUT2D eigenvalue weighted by Crippen LogP contribution is 2.22. The van der Waals surface area contributed by atoms with Gasteiger partial charge in [0.2, 0.25) is 0 Å². The molecule has 140 valence electrons. The molecule has 2 rings (SSSR count). The lowest BCUT2D eigenvalue weighted by Crippen LogP contribution is -2.54. The van der Waals surface area contributed by atoms with Crippen molar-refractivity contribution in [3.05, 3.63) is 0 Å². The molecule has 5 nitrogen and oxygen atoms in total. The summed E-state index contributed by atoms with van der Waals surface area (Å²) in [5.41, 5.74) is -0.425. The average molecular weight is 340 g/mol. The van der Waals surface area contributed by atoms with Crippen LogP contribution in [0.15, 0.2) is 0 Å². The topological polar surface area (TPSA) is 44.8 Å². The second-order valence-electron chi connectivity index (χ2n) is 8.38. The van der Waals surface area contributed by atoms with Crippen molar-refractivity contribution in [3.8, 4) is 0 Å². The van der Waals surface area contributed by atoms with Gasteiger partial charge in [-0.25, -0.2) is 4.79 Å². The number of likely N-dealkylation sites (tertiary alicyclic amines) is 2. The predicted molar refractivity (Wildman–Crippen MR) is 98.3 cm³/mol. The van der Waals surface area contributed by atoms with Gasteiger partial charge in [0.1, 0.15) is 5.60 Å². The highest BCUT2D eigenvalue weighted by molar-refractivity contribution is 5.68. The summed E-state index contributed by atoms with van der Waals surface area (Å²) in [5, 5.41) is 3.65. The summed E-state index contributed by atoms with van der Waals surface area (Å²) in [5.74, 6) is 0. The number of hydrogen-bond donors (Lipinski definition) is 1. The van der Waals surface area contributed by atoms with Gasteiger partial charge >= 0.3 is 6.09 Å². The number of carbonyl (C=O) groups is 1. The number of carbonyl (C=O) groups excluding carboxylic acids is 1. The lowest BCUT2D eigenvalue weighted by Gasteiger charge is -2.40.